The highest BCUT2D eigenvalue weighted by Crippen LogP contribution is 2.20. The maximum Gasteiger partial charge on any atom is 0.326 e. The summed E-state index contributed by atoms with van der Waals surface area (Å²) in [5.41, 5.74) is 0.623. The largest absolute Gasteiger partial charge is 0.494 e. The zero-order valence-electron chi connectivity index (χ0n) is 12.0. The van der Waals surface area contributed by atoms with Crippen molar-refractivity contribution in [2.24, 2.45) is 0 Å². The highest BCUT2D eigenvalue weighted by atomic mass is 16.5. The molecule has 6 nitrogen and oxygen atoms in total. The van der Waals surface area contributed by atoms with Gasteiger partial charge in [0.15, 0.2) is 0 Å². The summed E-state index contributed by atoms with van der Waals surface area (Å²) in [5.74, 6) is -0.214. The first-order valence-corrected chi connectivity index (χ1v) is 7.15. The van der Waals surface area contributed by atoms with Gasteiger partial charge in [0.05, 0.1) is 6.61 Å². The van der Waals surface area contributed by atoms with Crippen LogP contribution in [0.25, 0.3) is 0 Å². The number of benzene rings is 1. The van der Waals surface area contributed by atoms with Gasteiger partial charge in [0.25, 0.3) is 0 Å². The summed E-state index contributed by atoms with van der Waals surface area (Å²) >= 11 is 0. The number of carboxylic acids is 1. The molecule has 0 saturated carbocycles. The smallest absolute Gasteiger partial charge is 0.326 e. The van der Waals surface area contributed by atoms with Crippen molar-refractivity contribution in [1.29, 1.82) is 0 Å². The van der Waals surface area contributed by atoms with Crippen LogP contribution in [0.15, 0.2) is 24.3 Å². The van der Waals surface area contributed by atoms with E-state index in [1.165, 1.54) is 4.90 Å². The van der Waals surface area contributed by atoms with E-state index < -0.39 is 12.0 Å². The molecule has 1 aromatic carbocycles. The van der Waals surface area contributed by atoms with Gasteiger partial charge in [-0.05, 0) is 50.5 Å². The maximum atomic E-state index is 12.2. The number of aliphatic carboxylic acids is 1. The Hall–Kier alpha value is -2.24. The number of piperidine rings is 1. The van der Waals surface area contributed by atoms with Crippen LogP contribution in [0.4, 0.5) is 10.5 Å². The number of nitrogens with zero attached hydrogens (tertiary/aromatic N) is 1. The van der Waals surface area contributed by atoms with Crippen LogP contribution in [0.3, 0.4) is 0 Å². The molecule has 1 heterocycles. The van der Waals surface area contributed by atoms with Crippen molar-refractivity contribution in [1.82, 2.24) is 4.90 Å². The van der Waals surface area contributed by atoms with Crippen molar-refractivity contribution >= 4 is 17.7 Å². The van der Waals surface area contributed by atoms with E-state index in [2.05, 4.69) is 5.32 Å². The van der Waals surface area contributed by atoms with Crippen molar-refractivity contribution in [3.05, 3.63) is 24.3 Å². The Labute approximate surface area is 123 Å². The number of nitrogens with one attached hydrogen (secondary N) is 1. The summed E-state index contributed by atoms with van der Waals surface area (Å²) in [5, 5.41) is 11.9. The van der Waals surface area contributed by atoms with E-state index >= 15 is 0 Å². The molecule has 1 aliphatic rings. The molecule has 1 saturated heterocycles. The summed E-state index contributed by atoms with van der Waals surface area (Å²) in [7, 11) is 0. The Bertz CT molecular complexity index is 501. The fourth-order valence-corrected chi connectivity index (χ4v) is 2.43. The fraction of sp³-hybridized carbons (Fsp3) is 0.467. The van der Waals surface area contributed by atoms with E-state index in [0.717, 1.165) is 18.6 Å². The highest BCUT2D eigenvalue weighted by Gasteiger charge is 2.31. The monoisotopic (exact) mass is 292 g/mol. The lowest BCUT2D eigenvalue weighted by Crippen LogP contribution is -2.49. The second-order valence-corrected chi connectivity index (χ2v) is 4.93. The summed E-state index contributed by atoms with van der Waals surface area (Å²) in [6, 6.07) is 5.91. The number of amides is 2. The van der Waals surface area contributed by atoms with Gasteiger partial charge in [0.1, 0.15) is 11.8 Å². The second-order valence-electron chi connectivity index (χ2n) is 4.93. The molecule has 21 heavy (non-hydrogen) atoms. The van der Waals surface area contributed by atoms with Crippen LogP contribution in [0.5, 0.6) is 5.75 Å². The molecule has 2 amide bonds. The number of ether oxygens (including phenoxy) is 1. The Kier molecular flexibility index (Phi) is 5.03. The summed E-state index contributed by atoms with van der Waals surface area (Å²) < 4.78 is 5.33. The molecule has 1 atom stereocenters. The molecule has 0 aromatic heterocycles. The van der Waals surface area contributed by atoms with E-state index in [-0.39, 0.29) is 6.03 Å². The van der Waals surface area contributed by atoms with Crippen LogP contribution in [-0.4, -0.2) is 41.2 Å². The van der Waals surface area contributed by atoms with Crippen LogP contribution in [-0.2, 0) is 4.79 Å². The zero-order valence-corrected chi connectivity index (χ0v) is 12.0. The third-order valence-electron chi connectivity index (χ3n) is 3.47. The number of carbonyl (C=O) groups is 2. The lowest BCUT2D eigenvalue weighted by molar-refractivity contribution is -0.143. The number of hydrogen-bond donors (Lipinski definition) is 2. The van der Waals surface area contributed by atoms with Crippen LogP contribution < -0.4 is 10.1 Å². The van der Waals surface area contributed by atoms with E-state index in [1.54, 1.807) is 24.3 Å². The summed E-state index contributed by atoms with van der Waals surface area (Å²) in [4.78, 5) is 24.8. The molecule has 6 heteroatoms. The average Bonchev–Trinajstić information content (AvgIpc) is 2.49. The Morgan fingerprint density at radius 3 is 2.67 bits per heavy atom. The topological polar surface area (TPSA) is 78.9 Å². The number of urea groups is 1. The number of anilines is 1. The predicted molar refractivity (Wildman–Crippen MR) is 78.6 cm³/mol. The highest BCUT2D eigenvalue weighted by molar-refractivity contribution is 5.92. The van der Waals surface area contributed by atoms with E-state index in [0.29, 0.717) is 25.3 Å². The van der Waals surface area contributed by atoms with Gasteiger partial charge in [-0.25, -0.2) is 9.59 Å². The lowest BCUT2D eigenvalue weighted by Gasteiger charge is -2.32. The third-order valence-corrected chi connectivity index (χ3v) is 3.47. The first kappa shape index (κ1) is 15.2. The van der Waals surface area contributed by atoms with Gasteiger partial charge in [-0.3, -0.25) is 0 Å². The standard InChI is InChI=1S/C15H20N2O4/c1-2-21-12-8-6-11(7-9-12)16-15(20)17-10-4-3-5-13(17)14(18)19/h6-9,13H,2-5,10H2,1H3,(H,16,20)(H,18,19). The quantitative estimate of drug-likeness (QED) is 0.894. The van der Waals surface area contributed by atoms with Gasteiger partial charge in [-0.2, -0.15) is 0 Å². The maximum absolute atomic E-state index is 12.2. The molecule has 114 valence electrons. The SMILES string of the molecule is CCOc1ccc(NC(=O)N2CCCCC2C(=O)O)cc1. The molecule has 1 aliphatic heterocycles. The Morgan fingerprint density at radius 2 is 2.05 bits per heavy atom. The summed E-state index contributed by atoms with van der Waals surface area (Å²) in [6.07, 6.45) is 2.18. The molecule has 1 unspecified atom stereocenters. The number of rotatable bonds is 4. The molecule has 0 spiro atoms. The Balaban J connectivity index is 2.00. The minimum absolute atomic E-state index is 0.369. The second kappa shape index (κ2) is 6.97. The van der Waals surface area contributed by atoms with Crippen LogP contribution >= 0.6 is 0 Å². The van der Waals surface area contributed by atoms with Gasteiger partial charge in [-0.15, -0.1) is 0 Å². The lowest BCUT2D eigenvalue weighted by atomic mass is 10.0. The van der Waals surface area contributed by atoms with Crippen LogP contribution in [0.1, 0.15) is 26.2 Å². The van der Waals surface area contributed by atoms with E-state index in [1.807, 2.05) is 6.92 Å². The van der Waals surface area contributed by atoms with Gasteiger partial charge in [0.2, 0.25) is 0 Å². The van der Waals surface area contributed by atoms with Gasteiger partial charge >= 0.3 is 12.0 Å². The first-order chi connectivity index (χ1) is 10.1. The fourth-order valence-electron chi connectivity index (χ4n) is 2.43. The average molecular weight is 292 g/mol. The zero-order chi connectivity index (χ0) is 15.2. The van der Waals surface area contributed by atoms with E-state index in [9.17, 15) is 14.7 Å². The van der Waals surface area contributed by atoms with Gasteiger partial charge in [-0.1, -0.05) is 0 Å². The summed E-state index contributed by atoms with van der Waals surface area (Å²) in [6.45, 7) is 2.96. The number of carbonyl (C=O) groups excluding carboxylic acids is 1. The van der Waals surface area contributed by atoms with Crippen molar-refractivity contribution in [2.75, 3.05) is 18.5 Å². The third kappa shape index (κ3) is 3.87. The minimum Gasteiger partial charge on any atom is -0.494 e. The molecule has 1 fully saturated rings. The number of likely N-dealkylation sites (tertiary alicyclic amines) is 1. The van der Waals surface area contributed by atoms with Crippen LogP contribution in [0.2, 0.25) is 0 Å². The molecule has 2 N–H and O–H groups in total. The molecule has 0 bridgehead atoms. The van der Waals surface area contributed by atoms with Crippen molar-refractivity contribution in [3.8, 4) is 5.75 Å². The van der Waals surface area contributed by atoms with Gasteiger partial charge < -0.3 is 20.1 Å². The van der Waals surface area contributed by atoms with Crippen molar-refractivity contribution < 1.29 is 19.4 Å². The first-order valence-electron chi connectivity index (χ1n) is 7.15. The predicted octanol–water partition coefficient (Wildman–Crippen LogP) is 2.56. The van der Waals surface area contributed by atoms with E-state index in [4.69, 9.17) is 4.74 Å². The molecule has 0 aliphatic carbocycles. The molecule has 2 rings (SSSR count). The number of carboxylic acid groups (broad SMARTS) is 1. The van der Waals surface area contributed by atoms with Crippen molar-refractivity contribution in [3.63, 3.8) is 0 Å². The number of hydrogen-bond acceptors (Lipinski definition) is 3. The molecular formula is C15H20N2O4. The molecule has 1 aromatic rings. The van der Waals surface area contributed by atoms with Crippen molar-refractivity contribution in [2.45, 2.75) is 32.2 Å². The molecular weight excluding hydrogens is 272 g/mol. The van der Waals surface area contributed by atoms with Crippen LogP contribution in [0, 0.1) is 0 Å². The molecule has 0 radical (unpaired) electrons. The minimum atomic E-state index is -0.948. The normalized spacial score (nSPS) is 18.1. The Morgan fingerprint density at radius 1 is 1.33 bits per heavy atom. The van der Waals surface area contributed by atoms with Gasteiger partial charge in [0, 0.05) is 12.2 Å².